The van der Waals surface area contributed by atoms with Gasteiger partial charge in [0.2, 0.25) is 0 Å². The lowest BCUT2D eigenvalue weighted by molar-refractivity contribution is -0.140. The van der Waals surface area contributed by atoms with E-state index in [0.29, 0.717) is 13.1 Å². The van der Waals surface area contributed by atoms with Crippen LogP contribution in [0.2, 0.25) is 0 Å². The highest BCUT2D eigenvalue weighted by Crippen LogP contribution is 2.12. The molecule has 0 aromatic carbocycles. The predicted molar refractivity (Wildman–Crippen MR) is 61.2 cm³/mol. The molecule has 0 amide bonds. The van der Waals surface area contributed by atoms with Gasteiger partial charge in [-0.1, -0.05) is 0 Å². The molecule has 0 aromatic heterocycles. The molecule has 1 aliphatic rings. The molecule has 8 nitrogen and oxygen atoms in total. The van der Waals surface area contributed by atoms with Gasteiger partial charge >= 0.3 is 11.9 Å². The van der Waals surface area contributed by atoms with Gasteiger partial charge in [-0.25, -0.2) is 0 Å². The summed E-state index contributed by atoms with van der Waals surface area (Å²) in [6.45, 7) is 0.723. The standard InChI is InChI=1S/C9H16N2O6S/c12-8(13)4-3-7(9(14)15)10-18(16,17)11-5-1-2-6-11/h7,10H,1-6H2,(H,12,13)(H,14,15)/t7-/m0/s1. The zero-order chi connectivity index (χ0) is 13.8. The smallest absolute Gasteiger partial charge is 0.321 e. The van der Waals surface area contributed by atoms with Gasteiger partial charge in [-0.05, 0) is 19.3 Å². The molecule has 0 saturated carbocycles. The summed E-state index contributed by atoms with van der Waals surface area (Å²) in [7, 11) is -3.84. The van der Waals surface area contributed by atoms with Crippen LogP contribution in [0.3, 0.4) is 0 Å². The van der Waals surface area contributed by atoms with E-state index in [1.165, 1.54) is 4.31 Å². The van der Waals surface area contributed by atoms with Crippen LogP contribution in [0.1, 0.15) is 25.7 Å². The average molecular weight is 280 g/mol. The van der Waals surface area contributed by atoms with Gasteiger partial charge in [-0.3, -0.25) is 9.59 Å². The Kier molecular flexibility index (Phi) is 5.05. The van der Waals surface area contributed by atoms with E-state index >= 15 is 0 Å². The monoisotopic (exact) mass is 280 g/mol. The van der Waals surface area contributed by atoms with Crippen molar-refractivity contribution in [1.29, 1.82) is 0 Å². The Morgan fingerprint density at radius 3 is 2.22 bits per heavy atom. The van der Waals surface area contributed by atoms with E-state index < -0.39 is 34.6 Å². The van der Waals surface area contributed by atoms with Crippen molar-refractivity contribution in [2.75, 3.05) is 13.1 Å². The summed E-state index contributed by atoms with van der Waals surface area (Å²) in [5.41, 5.74) is 0. The fourth-order valence-electron chi connectivity index (χ4n) is 1.68. The first kappa shape index (κ1) is 14.9. The Morgan fingerprint density at radius 2 is 1.78 bits per heavy atom. The number of hydrogen-bond donors (Lipinski definition) is 3. The van der Waals surface area contributed by atoms with E-state index in [9.17, 15) is 18.0 Å². The lowest BCUT2D eigenvalue weighted by Crippen LogP contribution is -2.47. The summed E-state index contributed by atoms with van der Waals surface area (Å²) >= 11 is 0. The molecule has 0 unspecified atom stereocenters. The van der Waals surface area contributed by atoms with Crippen LogP contribution in [0.5, 0.6) is 0 Å². The molecule has 0 bridgehead atoms. The quantitative estimate of drug-likeness (QED) is 0.563. The second kappa shape index (κ2) is 6.12. The van der Waals surface area contributed by atoms with Gasteiger partial charge in [0.25, 0.3) is 10.2 Å². The summed E-state index contributed by atoms with van der Waals surface area (Å²) < 4.78 is 26.8. The zero-order valence-corrected chi connectivity index (χ0v) is 10.5. The van der Waals surface area contributed by atoms with Crippen LogP contribution in [-0.2, 0) is 19.8 Å². The number of hydrogen-bond acceptors (Lipinski definition) is 4. The van der Waals surface area contributed by atoms with Crippen LogP contribution in [0.15, 0.2) is 0 Å². The summed E-state index contributed by atoms with van der Waals surface area (Å²) in [5.74, 6) is -2.54. The van der Waals surface area contributed by atoms with Crippen LogP contribution in [-0.4, -0.2) is 54.0 Å². The van der Waals surface area contributed by atoms with Crippen LogP contribution >= 0.6 is 0 Å². The molecule has 9 heteroatoms. The summed E-state index contributed by atoms with van der Waals surface area (Å²) in [4.78, 5) is 21.2. The Bertz CT molecular complexity index is 415. The highest BCUT2D eigenvalue weighted by Gasteiger charge is 2.30. The van der Waals surface area contributed by atoms with Crippen LogP contribution in [0, 0.1) is 0 Å². The molecular weight excluding hydrogens is 264 g/mol. The van der Waals surface area contributed by atoms with E-state index in [2.05, 4.69) is 0 Å². The van der Waals surface area contributed by atoms with Crippen molar-refractivity contribution in [3.05, 3.63) is 0 Å². The van der Waals surface area contributed by atoms with Crippen LogP contribution < -0.4 is 4.72 Å². The maximum atomic E-state index is 11.8. The number of rotatable bonds is 7. The van der Waals surface area contributed by atoms with E-state index in [-0.39, 0.29) is 6.42 Å². The second-order valence-electron chi connectivity index (χ2n) is 4.05. The first-order valence-electron chi connectivity index (χ1n) is 5.55. The molecule has 1 fully saturated rings. The predicted octanol–water partition coefficient (Wildman–Crippen LogP) is -0.765. The van der Waals surface area contributed by atoms with Gasteiger partial charge in [0, 0.05) is 19.5 Å². The number of nitrogens with zero attached hydrogens (tertiary/aromatic N) is 1. The maximum Gasteiger partial charge on any atom is 0.321 e. The molecule has 1 atom stereocenters. The third-order valence-corrected chi connectivity index (χ3v) is 4.27. The van der Waals surface area contributed by atoms with Crippen molar-refractivity contribution in [3.8, 4) is 0 Å². The molecular formula is C9H16N2O6S. The van der Waals surface area contributed by atoms with Gasteiger partial charge in [0.1, 0.15) is 6.04 Å². The van der Waals surface area contributed by atoms with Crippen molar-refractivity contribution in [2.45, 2.75) is 31.7 Å². The van der Waals surface area contributed by atoms with Gasteiger partial charge in [0.05, 0.1) is 0 Å². The minimum absolute atomic E-state index is 0.280. The Morgan fingerprint density at radius 1 is 1.22 bits per heavy atom. The molecule has 104 valence electrons. The minimum Gasteiger partial charge on any atom is -0.481 e. The molecule has 1 rings (SSSR count). The molecule has 0 aromatic rings. The highest BCUT2D eigenvalue weighted by molar-refractivity contribution is 7.87. The van der Waals surface area contributed by atoms with Crippen molar-refractivity contribution < 1.29 is 28.2 Å². The van der Waals surface area contributed by atoms with Crippen molar-refractivity contribution in [3.63, 3.8) is 0 Å². The Labute approximate surface area is 105 Å². The van der Waals surface area contributed by atoms with Gasteiger partial charge in [0.15, 0.2) is 0 Å². The van der Waals surface area contributed by atoms with Gasteiger partial charge in [-0.15, -0.1) is 0 Å². The lowest BCUT2D eigenvalue weighted by Gasteiger charge is -2.19. The van der Waals surface area contributed by atoms with Gasteiger partial charge in [-0.2, -0.15) is 17.4 Å². The second-order valence-corrected chi connectivity index (χ2v) is 5.75. The number of carboxylic acid groups (broad SMARTS) is 2. The molecule has 1 aliphatic heterocycles. The topological polar surface area (TPSA) is 124 Å². The SMILES string of the molecule is O=C(O)CC[C@H](NS(=O)(=O)N1CCCC1)C(=O)O. The van der Waals surface area contributed by atoms with E-state index in [4.69, 9.17) is 10.2 Å². The van der Waals surface area contributed by atoms with Crippen LogP contribution in [0.4, 0.5) is 0 Å². The molecule has 3 N–H and O–H groups in total. The molecule has 18 heavy (non-hydrogen) atoms. The van der Waals surface area contributed by atoms with Crippen molar-refractivity contribution in [2.24, 2.45) is 0 Å². The number of carboxylic acids is 2. The number of nitrogens with one attached hydrogen (secondary N) is 1. The molecule has 0 aliphatic carbocycles. The van der Waals surface area contributed by atoms with E-state index in [1.807, 2.05) is 4.72 Å². The number of carbonyl (C=O) groups is 2. The molecule has 1 heterocycles. The summed E-state index contributed by atoms with van der Waals surface area (Å²) in [6.07, 6.45) is 0.804. The largest absolute Gasteiger partial charge is 0.481 e. The normalized spacial score (nSPS) is 18.7. The highest BCUT2D eigenvalue weighted by atomic mass is 32.2. The summed E-state index contributed by atoms with van der Waals surface area (Å²) in [6, 6.07) is -1.41. The van der Waals surface area contributed by atoms with E-state index in [0.717, 1.165) is 12.8 Å². The minimum atomic E-state index is -3.84. The molecule has 0 radical (unpaired) electrons. The fraction of sp³-hybridized carbons (Fsp3) is 0.778. The van der Waals surface area contributed by atoms with Crippen LogP contribution in [0.25, 0.3) is 0 Å². The first-order valence-corrected chi connectivity index (χ1v) is 6.99. The Hall–Kier alpha value is -1.19. The first-order chi connectivity index (χ1) is 8.33. The van der Waals surface area contributed by atoms with E-state index in [1.54, 1.807) is 0 Å². The molecule has 1 saturated heterocycles. The van der Waals surface area contributed by atoms with Crippen molar-refractivity contribution >= 4 is 22.1 Å². The fourth-order valence-corrected chi connectivity index (χ4v) is 3.15. The number of aliphatic carboxylic acids is 2. The third kappa shape index (κ3) is 4.24. The maximum absolute atomic E-state index is 11.8. The third-order valence-electron chi connectivity index (χ3n) is 2.64. The summed E-state index contributed by atoms with van der Waals surface area (Å²) in [5, 5.41) is 17.3. The van der Waals surface area contributed by atoms with Gasteiger partial charge < -0.3 is 10.2 Å². The lowest BCUT2D eigenvalue weighted by atomic mass is 10.2. The van der Waals surface area contributed by atoms with Crippen molar-refractivity contribution in [1.82, 2.24) is 9.03 Å². The zero-order valence-electron chi connectivity index (χ0n) is 9.70. The average Bonchev–Trinajstić information content (AvgIpc) is 2.77. The molecule has 0 spiro atoms. The Balaban J connectivity index is 2.64.